The predicted molar refractivity (Wildman–Crippen MR) is 65.5 cm³/mol. The van der Waals surface area contributed by atoms with E-state index in [0.29, 0.717) is 23.6 Å². The molecule has 0 unspecified atom stereocenters. The average molecular weight is 255 g/mol. The molecule has 1 saturated carbocycles. The summed E-state index contributed by atoms with van der Waals surface area (Å²) < 4.78 is 5.57. The van der Waals surface area contributed by atoms with Gasteiger partial charge >= 0.3 is 5.97 Å². The molecule has 0 amide bonds. The molecule has 0 radical (unpaired) electrons. The third kappa shape index (κ3) is 2.72. The van der Waals surface area contributed by atoms with Crippen molar-refractivity contribution in [3.63, 3.8) is 0 Å². The first kappa shape index (κ1) is 12.2. The number of rotatable bonds is 4. The second-order valence-electron chi connectivity index (χ2n) is 4.54. The molecule has 0 saturated heterocycles. The van der Waals surface area contributed by atoms with Gasteiger partial charge in [-0.1, -0.05) is 24.4 Å². The number of ether oxygens (including phenoxy) is 1. The molecule has 0 atom stereocenters. The van der Waals surface area contributed by atoms with Gasteiger partial charge in [-0.2, -0.15) is 0 Å². The molecule has 92 valence electrons. The Labute approximate surface area is 105 Å². The zero-order valence-electron chi connectivity index (χ0n) is 9.49. The van der Waals surface area contributed by atoms with Crippen molar-refractivity contribution in [2.24, 2.45) is 5.41 Å². The summed E-state index contributed by atoms with van der Waals surface area (Å²) in [6.07, 6.45) is 3.35. The Morgan fingerprint density at radius 2 is 1.88 bits per heavy atom. The Balaban J connectivity index is 2.00. The van der Waals surface area contributed by atoms with Crippen LogP contribution in [0.3, 0.4) is 0 Å². The van der Waals surface area contributed by atoms with E-state index in [9.17, 15) is 9.90 Å². The fourth-order valence-electron chi connectivity index (χ4n) is 2.22. The Kier molecular flexibility index (Phi) is 3.57. The lowest BCUT2D eigenvalue weighted by Gasteiger charge is -2.23. The van der Waals surface area contributed by atoms with Crippen molar-refractivity contribution < 1.29 is 14.6 Å². The van der Waals surface area contributed by atoms with Crippen molar-refractivity contribution in [2.75, 3.05) is 6.61 Å². The highest BCUT2D eigenvalue weighted by molar-refractivity contribution is 6.30. The van der Waals surface area contributed by atoms with Gasteiger partial charge in [0.05, 0.1) is 0 Å². The van der Waals surface area contributed by atoms with Crippen LogP contribution < -0.4 is 4.74 Å². The van der Waals surface area contributed by atoms with Crippen molar-refractivity contribution in [1.29, 1.82) is 0 Å². The van der Waals surface area contributed by atoms with Crippen LogP contribution in [0.5, 0.6) is 5.75 Å². The highest BCUT2D eigenvalue weighted by atomic mass is 35.5. The minimum atomic E-state index is -0.746. The standard InChI is InChI=1S/C13H15ClO3/c14-10-3-5-11(6-4-10)17-9-13(12(15)16)7-1-2-8-13/h3-6H,1-2,7-9H2,(H,15,16). The zero-order valence-corrected chi connectivity index (χ0v) is 10.2. The van der Waals surface area contributed by atoms with Crippen molar-refractivity contribution in [3.05, 3.63) is 29.3 Å². The second kappa shape index (κ2) is 4.96. The monoisotopic (exact) mass is 254 g/mol. The molecule has 2 rings (SSSR count). The highest BCUT2D eigenvalue weighted by Gasteiger charge is 2.42. The van der Waals surface area contributed by atoms with E-state index < -0.39 is 11.4 Å². The van der Waals surface area contributed by atoms with Gasteiger partial charge < -0.3 is 9.84 Å². The van der Waals surface area contributed by atoms with Gasteiger partial charge in [-0.05, 0) is 37.1 Å². The lowest BCUT2D eigenvalue weighted by atomic mass is 9.87. The molecular weight excluding hydrogens is 240 g/mol. The summed E-state index contributed by atoms with van der Waals surface area (Å²) in [5.74, 6) is -0.0779. The first-order chi connectivity index (χ1) is 8.12. The van der Waals surface area contributed by atoms with Crippen LogP contribution in [0.25, 0.3) is 0 Å². The maximum atomic E-state index is 11.3. The molecule has 1 N–H and O–H groups in total. The molecule has 1 aliphatic carbocycles. The molecule has 4 heteroatoms. The minimum absolute atomic E-state index is 0.240. The molecule has 3 nitrogen and oxygen atoms in total. The molecule has 0 aliphatic heterocycles. The van der Waals surface area contributed by atoms with Crippen LogP contribution in [-0.4, -0.2) is 17.7 Å². The Hall–Kier alpha value is -1.22. The predicted octanol–water partition coefficient (Wildman–Crippen LogP) is 3.36. The van der Waals surface area contributed by atoms with E-state index in [0.717, 1.165) is 12.8 Å². The van der Waals surface area contributed by atoms with Gasteiger partial charge in [0, 0.05) is 5.02 Å². The lowest BCUT2D eigenvalue weighted by Crippen LogP contribution is -2.34. The molecule has 1 aromatic carbocycles. The first-order valence-electron chi connectivity index (χ1n) is 5.74. The number of carboxylic acids is 1. The van der Waals surface area contributed by atoms with Crippen molar-refractivity contribution in [1.82, 2.24) is 0 Å². The number of hydrogen-bond acceptors (Lipinski definition) is 2. The van der Waals surface area contributed by atoms with E-state index in [-0.39, 0.29) is 6.61 Å². The highest BCUT2D eigenvalue weighted by Crippen LogP contribution is 2.38. The van der Waals surface area contributed by atoms with Gasteiger partial charge in [-0.15, -0.1) is 0 Å². The number of hydrogen-bond donors (Lipinski definition) is 1. The van der Waals surface area contributed by atoms with Crippen molar-refractivity contribution >= 4 is 17.6 Å². The van der Waals surface area contributed by atoms with E-state index in [1.165, 1.54) is 0 Å². The molecule has 0 heterocycles. The maximum Gasteiger partial charge on any atom is 0.313 e. The number of aliphatic carboxylic acids is 1. The molecule has 0 bridgehead atoms. The molecule has 1 aliphatic rings. The Morgan fingerprint density at radius 3 is 2.41 bits per heavy atom. The largest absolute Gasteiger partial charge is 0.492 e. The van der Waals surface area contributed by atoms with Crippen LogP contribution in [0, 0.1) is 5.41 Å². The molecule has 17 heavy (non-hydrogen) atoms. The summed E-state index contributed by atoms with van der Waals surface area (Å²) in [5.41, 5.74) is -0.695. The molecule has 0 spiro atoms. The number of carbonyl (C=O) groups is 1. The molecule has 0 aromatic heterocycles. The van der Waals surface area contributed by atoms with E-state index in [1.807, 2.05) is 0 Å². The van der Waals surface area contributed by atoms with Crippen molar-refractivity contribution in [3.8, 4) is 5.75 Å². The van der Waals surface area contributed by atoms with Crippen LogP contribution in [0.1, 0.15) is 25.7 Å². The Bertz CT molecular complexity index is 394. The number of benzene rings is 1. The number of carboxylic acid groups (broad SMARTS) is 1. The van der Waals surface area contributed by atoms with E-state index in [1.54, 1.807) is 24.3 Å². The average Bonchev–Trinajstić information content (AvgIpc) is 2.78. The quantitative estimate of drug-likeness (QED) is 0.896. The fourth-order valence-corrected chi connectivity index (χ4v) is 2.35. The lowest BCUT2D eigenvalue weighted by molar-refractivity contribution is -0.150. The van der Waals surface area contributed by atoms with Gasteiger partial charge in [-0.3, -0.25) is 4.79 Å². The molecule has 1 aromatic rings. The second-order valence-corrected chi connectivity index (χ2v) is 4.97. The third-order valence-corrected chi connectivity index (χ3v) is 3.60. The third-order valence-electron chi connectivity index (χ3n) is 3.34. The van der Waals surface area contributed by atoms with E-state index >= 15 is 0 Å². The van der Waals surface area contributed by atoms with Gasteiger partial charge in [0.2, 0.25) is 0 Å². The Morgan fingerprint density at radius 1 is 1.29 bits per heavy atom. The van der Waals surface area contributed by atoms with E-state index in [2.05, 4.69) is 0 Å². The summed E-state index contributed by atoms with van der Waals surface area (Å²) in [5, 5.41) is 9.93. The number of halogens is 1. The SMILES string of the molecule is O=C(O)C1(COc2ccc(Cl)cc2)CCCC1. The first-order valence-corrected chi connectivity index (χ1v) is 6.12. The van der Waals surface area contributed by atoms with E-state index in [4.69, 9.17) is 16.3 Å². The van der Waals surface area contributed by atoms with Gasteiger partial charge in [-0.25, -0.2) is 0 Å². The van der Waals surface area contributed by atoms with Crippen LogP contribution >= 0.6 is 11.6 Å². The summed E-state index contributed by atoms with van der Waals surface area (Å²) in [4.78, 5) is 11.3. The normalized spacial score (nSPS) is 17.9. The summed E-state index contributed by atoms with van der Waals surface area (Å²) in [6, 6.07) is 6.98. The topological polar surface area (TPSA) is 46.5 Å². The summed E-state index contributed by atoms with van der Waals surface area (Å²) in [6.45, 7) is 0.240. The van der Waals surface area contributed by atoms with Crippen LogP contribution in [0.2, 0.25) is 5.02 Å². The van der Waals surface area contributed by atoms with Crippen LogP contribution in [-0.2, 0) is 4.79 Å². The smallest absolute Gasteiger partial charge is 0.313 e. The summed E-state index contributed by atoms with van der Waals surface area (Å²) in [7, 11) is 0. The van der Waals surface area contributed by atoms with Gasteiger partial charge in [0.25, 0.3) is 0 Å². The van der Waals surface area contributed by atoms with Crippen molar-refractivity contribution in [2.45, 2.75) is 25.7 Å². The van der Waals surface area contributed by atoms with Crippen LogP contribution in [0.4, 0.5) is 0 Å². The summed E-state index contributed by atoms with van der Waals surface area (Å²) >= 11 is 5.77. The maximum absolute atomic E-state index is 11.3. The molecular formula is C13H15ClO3. The van der Waals surface area contributed by atoms with Crippen LogP contribution in [0.15, 0.2) is 24.3 Å². The van der Waals surface area contributed by atoms with Gasteiger partial charge in [0.15, 0.2) is 0 Å². The minimum Gasteiger partial charge on any atom is -0.492 e. The molecule has 1 fully saturated rings. The van der Waals surface area contributed by atoms with Gasteiger partial charge in [0.1, 0.15) is 17.8 Å². The fraction of sp³-hybridized carbons (Fsp3) is 0.462. The zero-order chi connectivity index (χ0) is 12.3.